The quantitative estimate of drug-likeness (QED) is 0.750. The maximum Gasteiger partial charge on any atom is 0.315 e. The van der Waals surface area contributed by atoms with Crippen LogP contribution in [0.4, 0.5) is 4.79 Å². The predicted octanol–water partition coefficient (Wildman–Crippen LogP) is 3.84. The summed E-state index contributed by atoms with van der Waals surface area (Å²) >= 11 is 11.9. The smallest absolute Gasteiger partial charge is 0.315 e. The maximum absolute atomic E-state index is 12.3. The molecule has 2 aromatic rings. The highest BCUT2D eigenvalue weighted by Gasteiger charge is 2.13. The fraction of sp³-hybridized carbons (Fsp3) is 0.263. The van der Waals surface area contributed by atoms with E-state index in [9.17, 15) is 9.59 Å². The molecule has 0 radical (unpaired) electrons. The van der Waals surface area contributed by atoms with Gasteiger partial charge >= 0.3 is 6.03 Å². The van der Waals surface area contributed by atoms with Gasteiger partial charge < -0.3 is 15.5 Å². The van der Waals surface area contributed by atoms with Crippen molar-refractivity contribution < 1.29 is 9.59 Å². The zero-order valence-electron chi connectivity index (χ0n) is 14.5. The summed E-state index contributed by atoms with van der Waals surface area (Å²) in [6.45, 7) is 3.17. The topological polar surface area (TPSA) is 61.4 Å². The van der Waals surface area contributed by atoms with Crippen LogP contribution in [0.25, 0.3) is 0 Å². The first-order valence-corrected chi connectivity index (χ1v) is 9.02. The Morgan fingerprint density at radius 1 is 1.04 bits per heavy atom. The van der Waals surface area contributed by atoms with Crippen molar-refractivity contribution >= 4 is 35.1 Å². The van der Waals surface area contributed by atoms with E-state index in [1.54, 1.807) is 23.1 Å². The molecule has 0 bridgehead atoms. The molecule has 0 saturated heterocycles. The molecule has 0 heterocycles. The summed E-state index contributed by atoms with van der Waals surface area (Å²) in [6.07, 6.45) is 0. The van der Waals surface area contributed by atoms with Crippen LogP contribution >= 0.6 is 23.2 Å². The predicted molar refractivity (Wildman–Crippen MR) is 104 cm³/mol. The number of benzene rings is 2. The van der Waals surface area contributed by atoms with Gasteiger partial charge in [0.1, 0.15) is 0 Å². The Labute approximate surface area is 163 Å². The lowest BCUT2D eigenvalue weighted by molar-refractivity contribution is -0.130. The average molecular weight is 394 g/mol. The number of carbonyl (C=O) groups excluding carboxylic acids is 2. The lowest BCUT2D eigenvalue weighted by Crippen LogP contribution is -2.43. The Hall–Kier alpha value is -2.24. The molecule has 0 spiro atoms. The summed E-state index contributed by atoms with van der Waals surface area (Å²) in [5.41, 5.74) is 1.79. The minimum Gasteiger partial charge on any atom is -0.337 e. The van der Waals surface area contributed by atoms with Gasteiger partial charge in [-0.2, -0.15) is 0 Å². The first kappa shape index (κ1) is 20.1. The Morgan fingerprint density at radius 2 is 1.77 bits per heavy atom. The van der Waals surface area contributed by atoms with E-state index >= 15 is 0 Å². The van der Waals surface area contributed by atoms with E-state index in [0.717, 1.165) is 11.1 Å². The summed E-state index contributed by atoms with van der Waals surface area (Å²) in [4.78, 5) is 25.9. The Kier molecular flexibility index (Phi) is 7.75. The molecule has 0 atom stereocenters. The minimum atomic E-state index is -0.430. The van der Waals surface area contributed by atoms with E-state index in [2.05, 4.69) is 10.6 Å². The minimum absolute atomic E-state index is 0.0686. The van der Waals surface area contributed by atoms with Gasteiger partial charge in [0.05, 0.1) is 6.54 Å². The number of likely N-dealkylation sites (N-methyl/N-ethyl adjacent to an activating group) is 1. The van der Waals surface area contributed by atoms with Gasteiger partial charge in [0.25, 0.3) is 0 Å². The number of rotatable bonds is 7. The Balaban J connectivity index is 1.79. The highest BCUT2D eigenvalue weighted by Crippen LogP contribution is 2.20. The van der Waals surface area contributed by atoms with Gasteiger partial charge in [-0.25, -0.2) is 4.79 Å². The van der Waals surface area contributed by atoms with E-state index in [4.69, 9.17) is 23.2 Å². The lowest BCUT2D eigenvalue weighted by Gasteiger charge is -2.21. The highest BCUT2D eigenvalue weighted by molar-refractivity contribution is 6.35. The summed E-state index contributed by atoms with van der Waals surface area (Å²) in [5, 5.41) is 6.26. The van der Waals surface area contributed by atoms with Crippen LogP contribution < -0.4 is 10.6 Å². The SMILES string of the molecule is CCN(Cc1ccccc1)C(=O)CNC(=O)NCc1ccc(Cl)cc1Cl. The van der Waals surface area contributed by atoms with Gasteiger partial charge in [0.15, 0.2) is 0 Å². The van der Waals surface area contributed by atoms with Crippen molar-refractivity contribution in [2.24, 2.45) is 0 Å². The molecule has 2 aromatic carbocycles. The molecule has 0 fully saturated rings. The van der Waals surface area contributed by atoms with E-state index in [1.807, 2.05) is 37.3 Å². The number of hydrogen-bond donors (Lipinski definition) is 2. The number of amides is 3. The molecule has 138 valence electrons. The second-order valence-electron chi connectivity index (χ2n) is 5.67. The van der Waals surface area contributed by atoms with E-state index < -0.39 is 6.03 Å². The molecular weight excluding hydrogens is 373 g/mol. The molecule has 5 nitrogen and oxygen atoms in total. The average Bonchev–Trinajstić information content (AvgIpc) is 2.64. The van der Waals surface area contributed by atoms with Crippen molar-refractivity contribution in [3.8, 4) is 0 Å². The fourth-order valence-electron chi connectivity index (χ4n) is 2.35. The van der Waals surface area contributed by atoms with Crippen molar-refractivity contribution in [2.75, 3.05) is 13.1 Å². The number of nitrogens with one attached hydrogen (secondary N) is 2. The molecule has 0 saturated carbocycles. The molecule has 2 N–H and O–H groups in total. The first-order chi connectivity index (χ1) is 12.5. The third-order valence-electron chi connectivity index (χ3n) is 3.81. The summed E-state index contributed by atoms with van der Waals surface area (Å²) < 4.78 is 0. The van der Waals surface area contributed by atoms with Gasteiger partial charge in [0, 0.05) is 29.7 Å². The van der Waals surface area contributed by atoms with Crippen LogP contribution in [0.5, 0.6) is 0 Å². The zero-order chi connectivity index (χ0) is 18.9. The van der Waals surface area contributed by atoms with Crippen molar-refractivity contribution in [3.63, 3.8) is 0 Å². The van der Waals surface area contributed by atoms with Crippen LogP contribution in [0, 0.1) is 0 Å². The van der Waals surface area contributed by atoms with Crippen LogP contribution in [0.2, 0.25) is 10.0 Å². The molecule has 0 unspecified atom stereocenters. The molecule has 0 aliphatic heterocycles. The van der Waals surface area contributed by atoms with Crippen molar-refractivity contribution in [1.82, 2.24) is 15.5 Å². The molecule has 0 aromatic heterocycles. The number of urea groups is 1. The first-order valence-electron chi connectivity index (χ1n) is 8.27. The van der Waals surface area contributed by atoms with Crippen molar-refractivity contribution in [1.29, 1.82) is 0 Å². The van der Waals surface area contributed by atoms with Crippen LogP contribution in [-0.4, -0.2) is 29.9 Å². The van der Waals surface area contributed by atoms with Crippen LogP contribution in [-0.2, 0) is 17.9 Å². The molecule has 0 aliphatic carbocycles. The monoisotopic (exact) mass is 393 g/mol. The normalized spacial score (nSPS) is 10.3. The van der Waals surface area contributed by atoms with Gasteiger partial charge in [0.2, 0.25) is 5.91 Å². The van der Waals surface area contributed by atoms with Gasteiger partial charge in [-0.3, -0.25) is 4.79 Å². The molecule has 7 heteroatoms. The number of nitrogens with zero attached hydrogens (tertiary/aromatic N) is 1. The van der Waals surface area contributed by atoms with Gasteiger partial charge in [-0.15, -0.1) is 0 Å². The highest BCUT2D eigenvalue weighted by atomic mass is 35.5. The molecular formula is C19H21Cl2N3O2. The third-order valence-corrected chi connectivity index (χ3v) is 4.39. The van der Waals surface area contributed by atoms with Crippen LogP contribution in [0.3, 0.4) is 0 Å². The number of hydrogen-bond acceptors (Lipinski definition) is 2. The second kappa shape index (κ2) is 10.0. The standard InChI is InChI=1S/C19H21Cl2N3O2/c1-2-24(13-14-6-4-3-5-7-14)18(25)12-23-19(26)22-11-15-8-9-16(20)10-17(15)21/h3-10H,2,11-13H2,1H3,(H2,22,23,26). The summed E-state index contributed by atoms with van der Waals surface area (Å²) in [7, 11) is 0. The number of carbonyl (C=O) groups is 2. The van der Waals surface area contributed by atoms with Crippen LogP contribution in [0.15, 0.2) is 48.5 Å². The van der Waals surface area contributed by atoms with Gasteiger partial charge in [-0.05, 0) is 30.2 Å². The Morgan fingerprint density at radius 3 is 2.42 bits per heavy atom. The lowest BCUT2D eigenvalue weighted by atomic mass is 10.2. The zero-order valence-corrected chi connectivity index (χ0v) is 16.0. The van der Waals surface area contributed by atoms with Gasteiger partial charge in [-0.1, -0.05) is 59.6 Å². The maximum atomic E-state index is 12.3. The van der Waals surface area contributed by atoms with Crippen molar-refractivity contribution in [3.05, 3.63) is 69.7 Å². The fourth-order valence-corrected chi connectivity index (χ4v) is 2.83. The number of halogens is 2. The summed E-state index contributed by atoms with van der Waals surface area (Å²) in [5.74, 6) is -0.143. The summed E-state index contributed by atoms with van der Waals surface area (Å²) in [6, 6.07) is 14.4. The molecule has 0 aliphatic rings. The van der Waals surface area contributed by atoms with Crippen molar-refractivity contribution in [2.45, 2.75) is 20.0 Å². The molecule has 3 amide bonds. The largest absolute Gasteiger partial charge is 0.337 e. The molecule has 2 rings (SSSR count). The molecule has 26 heavy (non-hydrogen) atoms. The second-order valence-corrected chi connectivity index (χ2v) is 6.51. The Bertz CT molecular complexity index is 754. The van der Waals surface area contributed by atoms with Crippen LogP contribution in [0.1, 0.15) is 18.1 Å². The third kappa shape index (κ3) is 6.24. The van der Waals surface area contributed by atoms with E-state index in [0.29, 0.717) is 23.1 Å². The van der Waals surface area contributed by atoms with E-state index in [-0.39, 0.29) is 19.0 Å². The van der Waals surface area contributed by atoms with E-state index in [1.165, 1.54) is 0 Å².